The number of hydrogen-bond donors (Lipinski definition) is 0. The molecule has 1 fully saturated rings. The predicted octanol–water partition coefficient (Wildman–Crippen LogP) is 2.57. The number of carbonyl (C=O) groups excluding carboxylic acids is 2. The highest BCUT2D eigenvalue weighted by Gasteiger charge is 2.24. The summed E-state index contributed by atoms with van der Waals surface area (Å²) in [5, 5.41) is 0. The second-order valence-electron chi connectivity index (χ2n) is 5.28. The van der Waals surface area contributed by atoms with Crippen LogP contribution in [0.1, 0.15) is 33.1 Å². The lowest BCUT2D eigenvalue weighted by Gasteiger charge is -2.30. The van der Waals surface area contributed by atoms with Crippen LogP contribution in [0.5, 0.6) is 0 Å². The van der Waals surface area contributed by atoms with Crippen molar-refractivity contribution in [2.45, 2.75) is 47.1 Å². The van der Waals surface area contributed by atoms with Crippen molar-refractivity contribution in [1.82, 2.24) is 4.90 Å². The van der Waals surface area contributed by atoms with E-state index in [1.807, 2.05) is 45.2 Å². The first kappa shape index (κ1) is 19.4. The zero-order valence-electron chi connectivity index (χ0n) is 12.5. The Morgan fingerprint density at radius 2 is 1.62 bits per heavy atom. The number of halogens is 2. The lowest BCUT2D eigenvalue weighted by atomic mass is 10.1. The second kappa shape index (κ2) is 10.2. The molecule has 1 aliphatic heterocycles. The quantitative estimate of drug-likeness (QED) is 0.292. The molecule has 1 rings (SSSR count). The van der Waals surface area contributed by atoms with Gasteiger partial charge < -0.3 is 9.47 Å². The first-order valence-corrected chi connectivity index (χ1v) is 9.77. The summed E-state index contributed by atoms with van der Waals surface area (Å²) in [6.07, 6.45) is 3.22. The van der Waals surface area contributed by atoms with Crippen LogP contribution >= 0.6 is 45.2 Å². The smallest absolute Gasteiger partial charge is 0.319 e. The number of esters is 2. The Hall–Kier alpha value is 0.360. The van der Waals surface area contributed by atoms with Crippen LogP contribution in [0.25, 0.3) is 0 Å². The van der Waals surface area contributed by atoms with E-state index < -0.39 is 0 Å². The fourth-order valence-electron chi connectivity index (χ4n) is 2.10. The van der Waals surface area contributed by atoms with Gasteiger partial charge in [0.25, 0.3) is 0 Å². The van der Waals surface area contributed by atoms with E-state index in [0.29, 0.717) is 6.54 Å². The Morgan fingerprint density at radius 1 is 1.05 bits per heavy atom. The molecule has 5 nitrogen and oxygen atoms in total. The van der Waals surface area contributed by atoms with Gasteiger partial charge in [-0.05, 0) is 39.8 Å². The van der Waals surface area contributed by atoms with E-state index in [2.05, 4.69) is 4.90 Å². The predicted molar refractivity (Wildman–Crippen MR) is 98.1 cm³/mol. The number of hydrogen-bond acceptors (Lipinski definition) is 5. The van der Waals surface area contributed by atoms with Crippen LogP contribution in [0.4, 0.5) is 0 Å². The standard InChI is InChI=1S/C14H23I2NO4/c1-10(15)13(18)20-9-12(21-14(19)11(2)16)8-17-6-4-3-5-7-17/h10-12H,3-9H2,1-2H3. The average Bonchev–Trinajstić information content (AvgIpc) is 2.45. The Labute approximate surface area is 153 Å². The van der Waals surface area contributed by atoms with Gasteiger partial charge in [-0.1, -0.05) is 51.6 Å². The van der Waals surface area contributed by atoms with Crippen LogP contribution < -0.4 is 0 Å². The van der Waals surface area contributed by atoms with E-state index >= 15 is 0 Å². The van der Waals surface area contributed by atoms with Crippen molar-refractivity contribution >= 4 is 57.1 Å². The van der Waals surface area contributed by atoms with Crippen LogP contribution in [0.3, 0.4) is 0 Å². The molecule has 0 aliphatic carbocycles. The highest BCUT2D eigenvalue weighted by atomic mass is 127. The number of alkyl halides is 2. The number of rotatable bonds is 7. The summed E-state index contributed by atoms with van der Waals surface area (Å²) in [6.45, 7) is 6.38. The van der Waals surface area contributed by atoms with E-state index in [-0.39, 0.29) is 32.5 Å². The monoisotopic (exact) mass is 523 g/mol. The van der Waals surface area contributed by atoms with Gasteiger partial charge >= 0.3 is 11.9 Å². The Bertz CT molecular complexity index is 344. The summed E-state index contributed by atoms with van der Waals surface area (Å²) < 4.78 is 10.3. The van der Waals surface area contributed by atoms with Crippen molar-refractivity contribution in [2.24, 2.45) is 0 Å². The maximum Gasteiger partial charge on any atom is 0.319 e. The van der Waals surface area contributed by atoms with Gasteiger partial charge in [0.15, 0.2) is 0 Å². The summed E-state index contributed by atoms with van der Waals surface area (Å²) in [4.78, 5) is 25.6. The van der Waals surface area contributed by atoms with E-state index in [1.54, 1.807) is 13.8 Å². The zero-order valence-corrected chi connectivity index (χ0v) is 16.8. The van der Waals surface area contributed by atoms with Gasteiger partial charge in [-0.3, -0.25) is 14.5 Å². The van der Waals surface area contributed by atoms with Crippen molar-refractivity contribution in [1.29, 1.82) is 0 Å². The maximum atomic E-state index is 11.8. The summed E-state index contributed by atoms with van der Waals surface area (Å²) in [5.41, 5.74) is 0. The third kappa shape index (κ3) is 7.96. The largest absolute Gasteiger partial charge is 0.461 e. The number of ether oxygens (including phenoxy) is 2. The van der Waals surface area contributed by atoms with E-state index in [9.17, 15) is 9.59 Å². The minimum atomic E-state index is -0.382. The van der Waals surface area contributed by atoms with Gasteiger partial charge in [0, 0.05) is 6.54 Å². The summed E-state index contributed by atoms with van der Waals surface area (Å²) >= 11 is 4.04. The molecule has 1 heterocycles. The van der Waals surface area contributed by atoms with Gasteiger partial charge in [0.2, 0.25) is 0 Å². The molecule has 7 heteroatoms. The molecule has 0 bridgehead atoms. The Balaban J connectivity index is 2.51. The lowest BCUT2D eigenvalue weighted by Crippen LogP contribution is -2.41. The number of nitrogens with zero attached hydrogens (tertiary/aromatic N) is 1. The fourth-order valence-corrected chi connectivity index (χ4v) is 2.43. The second-order valence-corrected chi connectivity index (χ2v) is 9.02. The molecule has 3 atom stereocenters. The lowest BCUT2D eigenvalue weighted by molar-refractivity contribution is -0.158. The van der Waals surface area contributed by atoms with Gasteiger partial charge in [0.1, 0.15) is 20.6 Å². The molecule has 122 valence electrons. The molecule has 0 spiro atoms. The first-order chi connectivity index (χ1) is 9.90. The minimum absolute atomic E-state index is 0.137. The summed E-state index contributed by atoms with van der Waals surface area (Å²) in [7, 11) is 0. The SMILES string of the molecule is CC(I)C(=O)OCC(CN1CCCCC1)OC(=O)C(C)I. The van der Waals surface area contributed by atoms with Crippen molar-refractivity contribution in [3.8, 4) is 0 Å². The van der Waals surface area contributed by atoms with Crippen molar-refractivity contribution in [2.75, 3.05) is 26.2 Å². The number of piperidine rings is 1. The van der Waals surface area contributed by atoms with Crippen LogP contribution in [-0.4, -0.2) is 57.0 Å². The van der Waals surface area contributed by atoms with Gasteiger partial charge in [-0.25, -0.2) is 0 Å². The molecule has 0 N–H and O–H groups in total. The van der Waals surface area contributed by atoms with Crippen LogP contribution in [0.15, 0.2) is 0 Å². The van der Waals surface area contributed by atoms with E-state index in [1.165, 1.54) is 19.3 Å². The van der Waals surface area contributed by atoms with Gasteiger partial charge in [0.05, 0.1) is 0 Å². The molecule has 0 aromatic rings. The maximum absolute atomic E-state index is 11.8. The topological polar surface area (TPSA) is 55.8 Å². The van der Waals surface area contributed by atoms with Gasteiger partial charge in [-0.15, -0.1) is 0 Å². The van der Waals surface area contributed by atoms with Crippen LogP contribution in [0.2, 0.25) is 0 Å². The molecule has 21 heavy (non-hydrogen) atoms. The summed E-state index contributed by atoms with van der Waals surface area (Å²) in [5.74, 6) is -0.519. The molecule has 0 aromatic heterocycles. The van der Waals surface area contributed by atoms with Crippen molar-refractivity contribution in [3.05, 3.63) is 0 Å². The molecule has 1 aliphatic rings. The molecule has 1 saturated heterocycles. The van der Waals surface area contributed by atoms with Crippen molar-refractivity contribution in [3.63, 3.8) is 0 Å². The molecule has 0 amide bonds. The third-order valence-electron chi connectivity index (χ3n) is 3.25. The minimum Gasteiger partial charge on any atom is -0.461 e. The molecule has 0 radical (unpaired) electrons. The van der Waals surface area contributed by atoms with E-state index in [0.717, 1.165) is 13.1 Å². The van der Waals surface area contributed by atoms with E-state index in [4.69, 9.17) is 9.47 Å². The number of likely N-dealkylation sites (tertiary alicyclic amines) is 1. The van der Waals surface area contributed by atoms with Crippen molar-refractivity contribution < 1.29 is 19.1 Å². The normalized spacial score (nSPS) is 20.4. The highest BCUT2D eigenvalue weighted by Crippen LogP contribution is 2.12. The molecular formula is C14H23I2NO4. The highest BCUT2D eigenvalue weighted by molar-refractivity contribution is 14.1. The fraction of sp³-hybridized carbons (Fsp3) is 0.857. The molecule has 3 unspecified atom stereocenters. The van der Waals surface area contributed by atoms with Gasteiger partial charge in [-0.2, -0.15) is 0 Å². The first-order valence-electron chi connectivity index (χ1n) is 7.27. The number of carbonyl (C=O) groups is 2. The van der Waals surface area contributed by atoms with Crippen LogP contribution in [-0.2, 0) is 19.1 Å². The molecule has 0 saturated carbocycles. The van der Waals surface area contributed by atoms with Crippen LogP contribution in [0, 0.1) is 0 Å². The summed E-state index contributed by atoms with van der Waals surface area (Å²) in [6, 6.07) is 0. The molecule has 0 aromatic carbocycles. The average molecular weight is 523 g/mol. The Kier molecular flexibility index (Phi) is 9.42. The Morgan fingerprint density at radius 3 is 2.14 bits per heavy atom. The zero-order chi connectivity index (χ0) is 15.8. The third-order valence-corrected chi connectivity index (χ3v) is 4.27. The molecular weight excluding hydrogens is 500 g/mol.